The third kappa shape index (κ3) is 7.67. The van der Waals surface area contributed by atoms with Crippen LogP contribution in [0.1, 0.15) is 105 Å². The summed E-state index contributed by atoms with van der Waals surface area (Å²) in [4.78, 5) is 29.6. The highest BCUT2D eigenvalue weighted by atomic mass is 32.2. The van der Waals surface area contributed by atoms with E-state index in [2.05, 4.69) is 88.6 Å². The van der Waals surface area contributed by atoms with E-state index >= 15 is 4.79 Å². The van der Waals surface area contributed by atoms with Crippen LogP contribution >= 0.6 is 11.8 Å². The van der Waals surface area contributed by atoms with Crippen molar-refractivity contribution >= 4 is 41.0 Å². The molecule has 6 atom stereocenters. The van der Waals surface area contributed by atoms with Crippen LogP contribution in [-0.4, -0.2) is 77.9 Å². The number of esters is 1. The van der Waals surface area contributed by atoms with Crippen molar-refractivity contribution in [2.24, 2.45) is 11.8 Å². The maximum absolute atomic E-state index is 15.7. The first-order chi connectivity index (χ1) is 28.9. The number of aliphatic hydroxyl groups is 1. The van der Waals surface area contributed by atoms with Gasteiger partial charge >= 0.3 is 5.97 Å². The van der Waals surface area contributed by atoms with Gasteiger partial charge in [-0.05, 0) is 98.9 Å². The lowest BCUT2D eigenvalue weighted by molar-refractivity contribution is -0.173. The summed E-state index contributed by atoms with van der Waals surface area (Å²) in [5, 5.41) is 16.4. The molecule has 0 bridgehead atoms. The second-order valence-electron chi connectivity index (χ2n) is 18.4. The molecule has 61 heavy (non-hydrogen) atoms. The second-order valence-corrected chi connectivity index (χ2v) is 19.6. The SMILES string of the molecule is COC(=O)/C(C)=C\CC12OC(C)(C)C(C)C13Oc1c(CC=C(C)C)c4c(c(OCCNCCO)c1C1=C3C(Sc3ccccc3N1)C(C)C2=O)C=CC(C)(CCC=C(C)C)O4. The molecule has 4 heterocycles. The first kappa shape index (κ1) is 44.8. The summed E-state index contributed by atoms with van der Waals surface area (Å²) in [6.45, 7) is 21.7. The van der Waals surface area contributed by atoms with Crippen molar-refractivity contribution in [1.82, 2.24) is 5.32 Å². The molecule has 328 valence electrons. The number of aliphatic hydroxyl groups excluding tert-OH is 1. The molecule has 1 saturated carbocycles. The van der Waals surface area contributed by atoms with Crippen LogP contribution in [0.2, 0.25) is 0 Å². The summed E-state index contributed by atoms with van der Waals surface area (Å²) in [5.41, 5.74) is 3.59. The highest BCUT2D eigenvalue weighted by molar-refractivity contribution is 8.00. The van der Waals surface area contributed by atoms with Crippen LogP contribution in [-0.2, 0) is 25.5 Å². The van der Waals surface area contributed by atoms with Crippen molar-refractivity contribution in [3.63, 3.8) is 0 Å². The summed E-state index contributed by atoms with van der Waals surface area (Å²) in [7, 11) is 1.36. The number of rotatable bonds is 14. The van der Waals surface area contributed by atoms with Gasteiger partial charge in [0.05, 0.1) is 41.8 Å². The summed E-state index contributed by atoms with van der Waals surface area (Å²) in [5.74, 6) is 0.490. The van der Waals surface area contributed by atoms with Gasteiger partial charge in [-0.15, -0.1) is 11.8 Å². The molecule has 0 aromatic heterocycles. The molecular weight excluding hydrogens is 789 g/mol. The molecule has 6 unspecified atom stereocenters. The number of hydrogen-bond acceptors (Lipinski definition) is 11. The number of anilines is 1. The van der Waals surface area contributed by atoms with E-state index < -0.39 is 34.3 Å². The van der Waals surface area contributed by atoms with Gasteiger partial charge in [-0.1, -0.05) is 55.4 Å². The molecule has 2 fully saturated rings. The number of para-hydroxylation sites is 1. The molecule has 2 aromatic carbocycles. The van der Waals surface area contributed by atoms with Crippen LogP contribution in [0.5, 0.6) is 17.2 Å². The molecule has 5 aliphatic rings. The average Bonchev–Trinajstić information content (AvgIpc) is 3.30. The van der Waals surface area contributed by atoms with Gasteiger partial charge in [0, 0.05) is 58.2 Å². The molecule has 1 aliphatic carbocycles. The minimum absolute atomic E-state index is 0.0178. The number of allylic oxidation sites excluding steroid dienone is 4. The summed E-state index contributed by atoms with van der Waals surface area (Å²) >= 11 is 1.68. The van der Waals surface area contributed by atoms with Crippen LogP contribution in [0.3, 0.4) is 0 Å². The van der Waals surface area contributed by atoms with Crippen molar-refractivity contribution in [3.05, 3.63) is 87.6 Å². The first-order valence-electron chi connectivity index (χ1n) is 21.7. The zero-order valence-electron chi connectivity index (χ0n) is 37.8. The van der Waals surface area contributed by atoms with Crippen molar-refractivity contribution in [1.29, 1.82) is 0 Å². The number of methoxy groups -OCH3 is 1. The molecular formula is C50H64N2O8S. The normalized spacial score (nSPS) is 27.8. The third-order valence-corrected chi connectivity index (χ3v) is 14.7. The Hall–Kier alpha value is -4.29. The fourth-order valence-electron chi connectivity index (χ4n) is 9.77. The van der Waals surface area contributed by atoms with E-state index in [4.69, 9.17) is 23.7 Å². The Bertz CT molecular complexity index is 2250. The highest BCUT2D eigenvalue weighted by Gasteiger charge is 2.78. The maximum Gasteiger partial charge on any atom is 0.333 e. The van der Waals surface area contributed by atoms with Gasteiger partial charge in [0.15, 0.2) is 17.0 Å². The van der Waals surface area contributed by atoms with Gasteiger partial charge in [-0.25, -0.2) is 4.79 Å². The Morgan fingerprint density at radius 3 is 2.44 bits per heavy atom. The molecule has 0 radical (unpaired) electrons. The Balaban J connectivity index is 1.59. The monoisotopic (exact) mass is 852 g/mol. The molecule has 10 nitrogen and oxygen atoms in total. The Labute approximate surface area is 366 Å². The Morgan fingerprint density at radius 2 is 1.74 bits per heavy atom. The average molecular weight is 853 g/mol. The number of benzene rings is 2. The van der Waals surface area contributed by atoms with Crippen molar-refractivity contribution in [2.75, 3.05) is 38.7 Å². The molecule has 11 heteroatoms. The van der Waals surface area contributed by atoms with Gasteiger partial charge in [0.2, 0.25) is 0 Å². The number of carbonyl (C=O) groups is 2. The van der Waals surface area contributed by atoms with Gasteiger partial charge in [-0.2, -0.15) is 0 Å². The lowest BCUT2D eigenvalue weighted by atomic mass is 9.57. The second kappa shape index (κ2) is 17.1. The van der Waals surface area contributed by atoms with Crippen molar-refractivity contribution in [3.8, 4) is 17.2 Å². The third-order valence-electron chi connectivity index (χ3n) is 13.2. The van der Waals surface area contributed by atoms with E-state index in [1.165, 1.54) is 12.7 Å². The van der Waals surface area contributed by atoms with E-state index in [9.17, 15) is 9.90 Å². The van der Waals surface area contributed by atoms with E-state index in [0.29, 0.717) is 48.9 Å². The molecule has 1 spiro atoms. The van der Waals surface area contributed by atoms with Crippen LogP contribution < -0.4 is 24.8 Å². The lowest BCUT2D eigenvalue weighted by Gasteiger charge is -2.56. The first-order valence-corrected chi connectivity index (χ1v) is 22.6. The number of hydrogen-bond donors (Lipinski definition) is 3. The predicted molar refractivity (Wildman–Crippen MR) is 243 cm³/mol. The predicted octanol–water partition coefficient (Wildman–Crippen LogP) is 9.41. The smallest absolute Gasteiger partial charge is 0.333 e. The van der Waals surface area contributed by atoms with E-state index in [0.717, 1.165) is 57.0 Å². The molecule has 4 aliphatic heterocycles. The zero-order chi connectivity index (χ0) is 44.1. The standard InChI is InChI=1S/C50H64N2O8S/c1-29(2)15-14-22-48(10)23-21-35-41(58-48)34(19-18-30(3)4)43-38(42(35)57-28-26-51-25-27-53)40-39-44(61-37-17-13-12-16-36(37)52-40)32(6)45(54)49(24-20-31(5)46(55)56-11)50(39,59-43)33(7)47(8,9)60-49/h12-13,15-18,20-21,23,32-33,44,51-53H,14,19,22,24-28H2,1-11H3/b31-20-. The summed E-state index contributed by atoms with van der Waals surface area (Å²) in [6.07, 6.45) is 12.7. The van der Waals surface area contributed by atoms with Gasteiger partial charge in [-0.3, -0.25) is 4.79 Å². The molecule has 2 aromatic rings. The maximum atomic E-state index is 15.7. The van der Waals surface area contributed by atoms with Crippen LogP contribution in [0.25, 0.3) is 11.8 Å². The van der Waals surface area contributed by atoms with Gasteiger partial charge < -0.3 is 39.4 Å². The van der Waals surface area contributed by atoms with E-state index in [1.807, 2.05) is 32.9 Å². The minimum Gasteiger partial charge on any atom is -0.491 e. The van der Waals surface area contributed by atoms with Gasteiger partial charge in [0.1, 0.15) is 29.5 Å². The number of ether oxygens (including phenoxy) is 5. The topological polar surface area (TPSA) is 125 Å². The fraction of sp³-hybridized carbons (Fsp3) is 0.520. The van der Waals surface area contributed by atoms with E-state index in [1.54, 1.807) is 24.8 Å². The quantitative estimate of drug-likeness (QED) is 0.0729. The van der Waals surface area contributed by atoms with Crippen molar-refractivity contribution < 1.29 is 38.4 Å². The molecule has 3 N–H and O–H groups in total. The Kier molecular flexibility index (Phi) is 12.6. The number of thioether (sulfide) groups is 1. The minimum atomic E-state index is -1.53. The highest BCUT2D eigenvalue weighted by Crippen LogP contribution is 2.69. The number of Topliss-reactive ketones (excluding diaryl/α,β-unsaturated/α-hetero) is 1. The lowest BCUT2D eigenvalue weighted by Crippen LogP contribution is -2.70. The largest absolute Gasteiger partial charge is 0.491 e. The zero-order valence-corrected chi connectivity index (χ0v) is 38.6. The fourth-order valence-corrected chi connectivity index (χ4v) is 11.2. The van der Waals surface area contributed by atoms with Crippen LogP contribution in [0.4, 0.5) is 5.69 Å². The number of carbonyl (C=O) groups excluding carboxylic acids is 2. The van der Waals surface area contributed by atoms with E-state index in [-0.39, 0.29) is 30.0 Å². The molecule has 7 rings (SSSR count). The number of ketones is 1. The molecule has 0 amide bonds. The van der Waals surface area contributed by atoms with Crippen molar-refractivity contribution in [2.45, 2.75) is 127 Å². The molecule has 1 saturated heterocycles. The number of nitrogens with one attached hydrogen (secondary N) is 2. The van der Waals surface area contributed by atoms with Crippen LogP contribution in [0.15, 0.2) is 75.8 Å². The summed E-state index contributed by atoms with van der Waals surface area (Å²) < 4.78 is 34.5. The van der Waals surface area contributed by atoms with Gasteiger partial charge in [0.25, 0.3) is 0 Å². The number of fused-ring (bicyclic) bond motifs is 4. The Morgan fingerprint density at radius 1 is 1.00 bits per heavy atom. The summed E-state index contributed by atoms with van der Waals surface area (Å²) in [6, 6.07) is 8.24. The van der Waals surface area contributed by atoms with Crippen LogP contribution in [0, 0.1) is 11.8 Å².